The second-order valence-electron chi connectivity index (χ2n) is 6.58. The number of fused-ring (bicyclic) bond motifs is 1. The lowest BCUT2D eigenvalue weighted by molar-refractivity contribution is -0.0875. The van der Waals surface area contributed by atoms with Gasteiger partial charge < -0.3 is 20.4 Å². The van der Waals surface area contributed by atoms with Crippen LogP contribution in [0.25, 0.3) is 11.0 Å². The van der Waals surface area contributed by atoms with Gasteiger partial charge in [-0.05, 0) is 12.1 Å². The zero-order chi connectivity index (χ0) is 19.9. The summed E-state index contributed by atoms with van der Waals surface area (Å²) in [5.74, 6) is -2.59. The maximum atomic E-state index is 13.0. The summed E-state index contributed by atoms with van der Waals surface area (Å²) in [6.07, 6.45) is 2.49. The Morgan fingerprint density at radius 3 is 2.82 bits per heavy atom. The molecule has 2 amide bonds. The predicted octanol–water partition coefficient (Wildman–Crippen LogP) is 4.78. The molecule has 146 valence electrons. The number of amides is 2. The Kier molecular flexibility index (Phi) is 4.54. The van der Waals surface area contributed by atoms with E-state index in [0.29, 0.717) is 28.5 Å². The monoisotopic (exact) mass is 407 g/mol. The van der Waals surface area contributed by atoms with Gasteiger partial charge in [-0.25, -0.2) is 18.6 Å². The molecule has 28 heavy (non-hydrogen) atoms. The molecular weight excluding hydrogens is 392 g/mol. The van der Waals surface area contributed by atoms with E-state index in [0.717, 1.165) is 5.52 Å². The Morgan fingerprint density at radius 1 is 1.36 bits per heavy atom. The van der Waals surface area contributed by atoms with Gasteiger partial charge in [-0.3, -0.25) is 4.98 Å². The van der Waals surface area contributed by atoms with Crippen molar-refractivity contribution in [2.75, 3.05) is 17.7 Å². The third kappa shape index (κ3) is 3.57. The lowest BCUT2D eigenvalue weighted by Crippen LogP contribution is -2.34. The number of alkyl halides is 2. The van der Waals surface area contributed by atoms with Crippen LogP contribution in [-0.2, 0) is 0 Å². The number of ether oxygens (including phenoxy) is 1. The number of hydrogen-bond acceptors (Lipinski definition) is 4. The van der Waals surface area contributed by atoms with Crippen molar-refractivity contribution in [3.8, 4) is 5.88 Å². The normalized spacial score (nSPS) is 15.9. The number of anilines is 2. The van der Waals surface area contributed by atoms with Crippen molar-refractivity contribution in [1.29, 1.82) is 0 Å². The van der Waals surface area contributed by atoms with Gasteiger partial charge in [0.2, 0.25) is 11.8 Å². The fraction of sp³-hybridized carbons (Fsp3) is 0.278. The van der Waals surface area contributed by atoms with Crippen LogP contribution >= 0.6 is 11.6 Å². The van der Waals surface area contributed by atoms with Gasteiger partial charge in [0.05, 0.1) is 40.9 Å². The summed E-state index contributed by atoms with van der Waals surface area (Å²) in [5, 5.41) is 5.55. The highest BCUT2D eigenvalue weighted by molar-refractivity contribution is 6.31. The molecule has 1 fully saturated rings. The Labute approximate surface area is 163 Å². The van der Waals surface area contributed by atoms with Crippen LogP contribution in [0.4, 0.5) is 25.0 Å². The molecule has 1 aliphatic carbocycles. The first-order valence-corrected chi connectivity index (χ1v) is 8.86. The highest BCUT2D eigenvalue weighted by atomic mass is 35.5. The van der Waals surface area contributed by atoms with Crippen LogP contribution in [0.2, 0.25) is 5.02 Å². The fourth-order valence-electron chi connectivity index (χ4n) is 3.15. The van der Waals surface area contributed by atoms with E-state index in [1.807, 2.05) is 0 Å². The van der Waals surface area contributed by atoms with Gasteiger partial charge in [-0.1, -0.05) is 11.6 Å². The number of aromatic nitrogens is 3. The van der Waals surface area contributed by atoms with Crippen LogP contribution in [0.1, 0.15) is 24.5 Å². The van der Waals surface area contributed by atoms with Crippen LogP contribution in [-0.4, -0.2) is 34.0 Å². The second-order valence-corrected chi connectivity index (χ2v) is 6.99. The molecular formula is C18H16ClF2N5O2. The molecule has 10 heteroatoms. The molecule has 4 rings (SSSR count). The van der Waals surface area contributed by atoms with Crippen LogP contribution in [0, 0.1) is 0 Å². The molecule has 3 N–H and O–H groups in total. The Bertz CT molecular complexity index is 1050. The lowest BCUT2D eigenvalue weighted by atomic mass is 9.79. The summed E-state index contributed by atoms with van der Waals surface area (Å²) < 4.78 is 31.2. The quantitative estimate of drug-likeness (QED) is 0.580. The van der Waals surface area contributed by atoms with Crippen LogP contribution < -0.4 is 15.4 Å². The Balaban J connectivity index is 1.45. The molecule has 7 nitrogen and oxygen atoms in total. The van der Waals surface area contributed by atoms with E-state index in [1.165, 1.54) is 19.4 Å². The van der Waals surface area contributed by atoms with Crippen LogP contribution in [0.3, 0.4) is 0 Å². The average Bonchev–Trinajstić information content (AvgIpc) is 3.01. The highest BCUT2D eigenvalue weighted by Crippen LogP contribution is 2.49. The number of aromatic amines is 1. The number of carbonyl (C=O) groups is 1. The van der Waals surface area contributed by atoms with Crippen LogP contribution in [0.5, 0.6) is 5.88 Å². The van der Waals surface area contributed by atoms with Crippen molar-refractivity contribution in [3.63, 3.8) is 0 Å². The molecule has 3 heterocycles. The Hall–Kier alpha value is -2.94. The number of H-pyrrole nitrogens is 1. The summed E-state index contributed by atoms with van der Waals surface area (Å²) in [4.78, 5) is 23.7. The van der Waals surface area contributed by atoms with Gasteiger partial charge in [0.1, 0.15) is 5.52 Å². The summed E-state index contributed by atoms with van der Waals surface area (Å²) in [5.41, 5.74) is 2.53. The van der Waals surface area contributed by atoms with Crippen LogP contribution in [0.15, 0.2) is 30.6 Å². The second kappa shape index (κ2) is 6.90. The number of nitrogens with one attached hydrogen (secondary N) is 3. The number of nitrogens with zero attached hydrogens (tertiary/aromatic N) is 2. The zero-order valence-electron chi connectivity index (χ0n) is 14.7. The first-order chi connectivity index (χ1) is 13.3. The molecule has 3 aromatic rings. The molecule has 0 radical (unpaired) electrons. The molecule has 1 aliphatic rings. The van der Waals surface area contributed by atoms with Crippen molar-refractivity contribution in [3.05, 3.63) is 41.3 Å². The number of hydrogen-bond donors (Lipinski definition) is 3. The molecule has 3 aromatic heterocycles. The molecule has 0 atom stereocenters. The third-order valence-corrected chi connectivity index (χ3v) is 4.86. The van der Waals surface area contributed by atoms with Gasteiger partial charge >= 0.3 is 6.03 Å². The average molecular weight is 408 g/mol. The summed E-state index contributed by atoms with van der Waals surface area (Å²) in [6.45, 7) is 0. The van der Waals surface area contributed by atoms with E-state index in [-0.39, 0.29) is 23.8 Å². The number of pyridine rings is 2. The lowest BCUT2D eigenvalue weighted by Gasteiger charge is -2.34. The minimum absolute atomic E-state index is 0.247. The fourth-order valence-corrected chi connectivity index (χ4v) is 3.47. The number of methoxy groups -OCH3 is 1. The molecule has 1 saturated carbocycles. The van der Waals surface area contributed by atoms with Crippen molar-refractivity contribution < 1.29 is 18.3 Å². The Morgan fingerprint density at radius 2 is 2.14 bits per heavy atom. The van der Waals surface area contributed by atoms with Crippen molar-refractivity contribution in [2.45, 2.75) is 24.7 Å². The largest absolute Gasteiger partial charge is 0.481 e. The molecule has 0 aromatic carbocycles. The van der Waals surface area contributed by atoms with E-state index in [1.54, 1.807) is 18.3 Å². The number of urea groups is 1. The van der Waals surface area contributed by atoms with Gasteiger partial charge in [0.25, 0.3) is 0 Å². The minimum atomic E-state index is -2.65. The summed E-state index contributed by atoms with van der Waals surface area (Å²) >= 11 is 6.16. The highest BCUT2D eigenvalue weighted by Gasteiger charge is 2.47. The molecule has 0 unspecified atom stereocenters. The number of halogens is 3. The molecule has 0 saturated heterocycles. The van der Waals surface area contributed by atoms with Crippen molar-refractivity contribution >= 4 is 40.0 Å². The number of carbonyl (C=O) groups excluding carboxylic acids is 1. The summed E-state index contributed by atoms with van der Waals surface area (Å²) in [6, 6.07) is 4.47. The topological polar surface area (TPSA) is 91.9 Å². The third-order valence-electron chi connectivity index (χ3n) is 4.56. The van der Waals surface area contributed by atoms with E-state index >= 15 is 0 Å². The molecule has 0 spiro atoms. The van der Waals surface area contributed by atoms with Gasteiger partial charge in [0, 0.05) is 31.0 Å². The first kappa shape index (κ1) is 18.4. The van der Waals surface area contributed by atoms with Gasteiger partial charge in [0.15, 0.2) is 0 Å². The van der Waals surface area contributed by atoms with Gasteiger partial charge in [-0.15, -0.1) is 0 Å². The zero-order valence-corrected chi connectivity index (χ0v) is 15.5. The molecule has 0 bridgehead atoms. The minimum Gasteiger partial charge on any atom is -0.481 e. The first-order valence-electron chi connectivity index (χ1n) is 8.48. The van der Waals surface area contributed by atoms with Crippen molar-refractivity contribution in [2.24, 2.45) is 0 Å². The number of rotatable bonds is 4. The SMILES string of the molecule is COc1ccc2[nH]cc(NC(=O)Nc3cnc(C4CC(F)(F)C4)c(Cl)c3)c2n1. The van der Waals surface area contributed by atoms with Crippen molar-refractivity contribution in [1.82, 2.24) is 15.0 Å². The van der Waals surface area contributed by atoms with E-state index < -0.39 is 12.0 Å². The van der Waals surface area contributed by atoms with E-state index in [9.17, 15) is 13.6 Å². The predicted molar refractivity (Wildman–Crippen MR) is 101 cm³/mol. The smallest absolute Gasteiger partial charge is 0.323 e. The van der Waals surface area contributed by atoms with Gasteiger partial charge in [-0.2, -0.15) is 0 Å². The standard InChI is InChI=1S/C18H16ClF2N5O2/c1-28-14-3-2-12-16(26-14)13(8-22-12)25-17(27)24-10-4-11(19)15(23-7-10)9-5-18(20,21)6-9/h2-4,7-9,22H,5-6H2,1H3,(H2,24,25,27). The molecule has 0 aliphatic heterocycles. The summed E-state index contributed by atoms with van der Waals surface area (Å²) in [7, 11) is 1.51. The van der Waals surface area contributed by atoms with E-state index in [2.05, 4.69) is 25.6 Å². The van der Waals surface area contributed by atoms with E-state index in [4.69, 9.17) is 16.3 Å². The maximum absolute atomic E-state index is 13.0. The maximum Gasteiger partial charge on any atom is 0.323 e.